The van der Waals surface area contributed by atoms with Gasteiger partial charge in [-0.3, -0.25) is 4.79 Å². The zero-order valence-electron chi connectivity index (χ0n) is 15.6. The van der Waals surface area contributed by atoms with E-state index >= 15 is 0 Å². The first-order chi connectivity index (χ1) is 12.8. The largest absolute Gasteiger partial charge is 0.495 e. The molecule has 0 heterocycles. The summed E-state index contributed by atoms with van der Waals surface area (Å²) >= 11 is 1.48. The molecule has 27 heavy (non-hydrogen) atoms. The van der Waals surface area contributed by atoms with Crippen molar-refractivity contribution in [3.8, 4) is 5.75 Å². The predicted molar refractivity (Wildman–Crippen MR) is 110 cm³/mol. The van der Waals surface area contributed by atoms with Crippen LogP contribution in [0.3, 0.4) is 0 Å². The zero-order chi connectivity index (χ0) is 19.9. The minimum absolute atomic E-state index is 0.0734. The van der Waals surface area contributed by atoms with E-state index in [1.807, 2.05) is 30.3 Å². The van der Waals surface area contributed by atoms with Gasteiger partial charge in [0, 0.05) is 11.8 Å². The highest BCUT2D eigenvalue weighted by atomic mass is 32.2. The number of carbonyl (C=O) groups excluding carboxylic acids is 1. The van der Waals surface area contributed by atoms with Crippen LogP contribution in [0, 0.1) is 0 Å². The van der Waals surface area contributed by atoms with E-state index in [9.17, 15) is 13.2 Å². The summed E-state index contributed by atoms with van der Waals surface area (Å²) in [5.41, 5.74) is 1.47. The Kier molecular flexibility index (Phi) is 7.70. The maximum atomic E-state index is 12.3. The van der Waals surface area contributed by atoms with Gasteiger partial charge in [0.2, 0.25) is 15.9 Å². The zero-order valence-corrected chi connectivity index (χ0v) is 17.2. The van der Waals surface area contributed by atoms with Crippen molar-refractivity contribution >= 4 is 33.4 Å². The van der Waals surface area contributed by atoms with E-state index in [1.165, 1.54) is 37.1 Å². The van der Waals surface area contributed by atoms with Crippen molar-refractivity contribution in [2.75, 3.05) is 18.2 Å². The first-order valence-electron chi connectivity index (χ1n) is 8.43. The minimum atomic E-state index is -3.66. The normalized spacial score (nSPS) is 11.4. The number of ether oxygens (including phenoxy) is 1. The van der Waals surface area contributed by atoms with E-state index in [0.29, 0.717) is 11.4 Å². The fourth-order valence-electron chi connectivity index (χ4n) is 2.35. The highest BCUT2D eigenvalue weighted by Crippen LogP contribution is 2.28. The third kappa shape index (κ3) is 6.57. The molecule has 0 saturated heterocycles. The molecule has 0 radical (unpaired) electrons. The fraction of sp³-hybridized carbons (Fsp3) is 0.316. The Labute approximate surface area is 164 Å². The van der Waals surface area contributed by atoms with E-state index in [1.54, 1.807) is 13.8 Å². The van der Waals surface area contributed by atoms with Gasteiger partial charge in [-0.05, 0) is 37.6 Å². The summed E-state index contributed by atoms with van der Waals surface area (Å²) in [5.74, 6) is 1.15. The van der Waals surface area contributed by atoms with E-state index in [4.69, 9.17) is 4.74 Å². The highest BCUT2D eigenvalue weighted by molar-refractivity contribution is 7.99. The molecule has 0 spiro atoms. The molecule has 146 valence electrons. The van der Waals surface area contributed by atoms with Crippen LogP contribution in [0.4, 0.5) is 5.69 Å². The van der Waals surface area contributed by atoms with Crippen molar-refractivity contribution in [1.82, 2.24) is 4.72 Å². The summed E-state index contributed by atoms with van der Waals surface area (Å²) in [5, 5.41) is 2.74. The maximum absolute atomic E-state index is 12.3. The van der Waals surface area contributed by atoms with Gasteiger partial charge in [-0.25, -0.2) is 13.1 Å². The third-order valence-corrected chi connectivity index (χ3v) is 6.15. The molecule has 0 aliphatic rings. The van der Waals surface area contributed by atoms with E-state index in [-0.39, 0.29) is 22.6 Å². The molecular formula is C19H24N2O4S2. The molecule has 0 saturated carbocycles. The van der Waals surface area contributed by atoms with Crippen molar-refractivity contribution in [2.24, 2.45) is 0 Å². The molecule has 0 atom stereocenters. The van der Waals surface area contributed by atoms with Gasteiger partial charge in [0.25, 0.3) is 0 Å². The second-order valence-electron chi connectivity index (χ2n) is 6.16. The summed E-state index contributed by atoms with van der Waals surface area (Å²) < 4.78 is 32.4. The Morgan fingerprint density at radius 2 is 1.85 bits per heavy atom. The van der Waals surface area contributed by atoms with E-state index < -0.39 is 10.0 Å². The van der Waals surface area contributed by atoms with Crippen LogP contribution in [0.5, 0.6) is 5.75 Å². The first-order valence-corrected chi connectivity index (χ1v) is 11.1. The average Bonchev–Trinajstić information content (AvgIpc) is 2.61. The number of nitrogens with one attached hydrogen (secondary N) is 2. The molecule has 0 aliphatic carbocycles. The molecule has 0 aromatic heterocycles. The lowest BCUT2D eigenvalue weighted by Crippen LogP contribution is -2.30. The van der Waals surface area contributed by atoms with Crippen LogP contribution in [0.15, 0.2) is 53.4 Å². The minimum Gasteiger partial charge on any atom is -0.495 e. The molecule has 8 heteroatoms. The second kappa shape index (κ2) is 9.77. The van der Waals surface area contributed by atoms with Crippen molar-refractivity contribution in [2.45, 2.75) is 30.5 Å². The molecular weight excluding hydrogens is 384 g/mol. The van der Waals surface area contributed by atoms with E-state index in [0.717, 1.165) is 11.3 Å². The van der Waals surface area contributed by atoms with Gasteiger partial charge in [-0.15, -0.1) is 11.8 Å². The number of hydrogen-bond donors (Lipinski definition) is 2. The Bertz CT molecular complexity index is 869. The van der Waals surface area contributed by atoms with Crippen molar-refractivity contribution in [3.63, 3.8) is 0 Å². The smallest absolute Gasteiger partial charge is 0.240 e. The van der Waals surface area contributed by atoms with Crippen LogP contribution in [-0.2, 0) is 20.6 Å². The molecule has 2 N–H and O–H groups in total. The number of benzene rings is 2. The number of carbonyl (C=O) groups is 1. The van der Waals surface area contributed by atoms with Gasteiger partial charge in [0.05, 0.1) is 23.4 Å². The number of anilines is 1. The quantitative estimate of drug-likeness (QED) is 0.665. The van der Waals surface area contributed by atoms with Gasteiger partial charge in [0.15, 0.2) is 0 Å². The Morgan fingerprint density at radius 1 is 1.15 bits per heavy atom. The van der Waals surface area contributed by atoms with Crippen LogP contribution in [0.1, 0.15) is 19.4 Å². The monoisotopic (exact) mass is 408 g/mol. The van der Waals surface area contributed by atoms with Crippen LogP contribution in [0.2, 0.25) is 0 Å². The molecule has 0 unspecified atom stereocenters. The van der Waals surface area contributed by atoms with Gasteiger partial charge >= 0.3 is 0 Å². The third-order valence-electron chi connectivity index (χ3n) is 3.49. The number of methoxy groups -OCH3 is 1. The van der Waals surface area contributed by atoms with Crippen molar-refractivity contribution in [3.05, 3.63) is 54.1 Å². The molecule has 0 fully saturated rings. The number of sulfonamides is 1. The van der Waals surface area contributed by atoms with Crippen LogP contribution >= 0.6 is 11.8 Å². The van der Waals surface area contributed by atoms with Gasteiger partial charge in [0.1, 0.15) is 5.75 Å². The average molecular weight is 409 g/mol. The van der Waals surface area contributed by atoms with Crippen LogP contribution in [0.25, 0.3) is 0 Å². The number of rotatable bonds is 9. The molecule has 1 amide bonds. The Hall–Kier alpha value is -2.03. The molecule has 2 aromatic carbocycles. The second-order valence-corrected chi connectivity index (χ2v) is 8.86. The summed E-state index contributed by atoms with van der Waals surface area (Å²) in [4.78, 5) is 12.3. The van der Waals surface area contributed by atoms with Gasteiger partial charge in [-0.1, -0.05) is 30.3 Å². The lowest BCUT2D eigenvalue weighted by atomic mass is 10.2. The van der Waals surface area contributed by atoms with Crippen molar-refractivity contribution < 1.29 is 17.9 Å². The topological polar surface area (TPSA) is 84.5 Å². The standard InChI is InChI=1S/C19H24N2O4S2/c1-14(2)21-27(23,24)16-9-10-18(25-3)17(11-16)20-19(22)13-26-12-15-7-5-4-6-8-15/h4-11,14,21H,12-13H2,1-3H3,(H,20,22). The molecule has 0 bridgehead atoms. The lowest BCUT2D eigenvalue weighted by Gasteiger charge is -2.14. The van der Waals surface area contributed by atoms with Crippen LogP contribution < -0.4 is 14.8 Å². The molecule has 2 aromatic rings. The summed E-state index contributed by atoms with van der Waals surface area (Å²) in [7, 11) is -2.19. The van der Waals surface area contributed by atoms with E-state index in [2.05, 4.69) is 10.0 Å². The highest BCUT2D eigenvalue weighted by Gasteiger charge is 2.18. The van der Waals surface area contributed by atoms with Gasteiger partial charge in [-0.2, -0.15) is 0 Å². The first kappa shape index (κ1) is 21.3. The SMILES string of the molecule is COc1ccc(S(=O)(=O)NC(C)C)cc1NC(=O)CSCc1ccccc1. The number of thioether (sulfide) groups is 1. The van der Waals surface area contributed by atoms with Crippen molar-refractivity contribution in [1.29, 1.82) is 0 Å². The number of amides is 1. The number of hydrogen-bond acceptors (Lipinski definition) is 5. The fourth-order valence-corrected chi connectivity index (χ4v) is 4.42. The predicted octanol–water partition coefficient (Wildman–Crippen LogP) is 3.25. The summed E-state index contributed by atoms with van der Waals surface area (Å²) in [6, 6.07) is 14.0. The summed E-state index contributed by atoms with van der Waals surface area (Å²) in [6.07, 6.45) is 0. The Morgan fingerprint density at radius 3 is 2.48 bits per heavy atom. The maximum Gasteiger partial charge on any atom is 0.240 e. The molecule has 0 aliphatic heterocycles. The summed E-state index contributed by atoms with van der Waals surface area (Å²) in [6.45, 7) is 3.49. The van der Waals surface area contributed by atoms with Gasteiger partial charge < -0.3 is 10.1 Å². The van der Waals surface area contributed by atoms with Crippen LogP contribution in [-0.4, -0.2) is 33.2 Å². The lowest BCUT2D eigenvalue weighted by molar-refractivity contribution is -0.113. The Balaban J connectivity index is 2.05. The molecule has 6 nitrogen and oxygen atoms in total. The molecule has 2 rings (SSSR count).